The molecule has 2 rings (SSSR count). The SMILES string of the molecule is C#CCN(C(=P)C(C)CSC)c1cn(-c2cncc(F)c2)nc1C. The molecule has 0 bridgehead atoms. The Bertz CT molecular complexity index is 768. The van der Waals surface area contributed by atoms with Crippen LogP contribution in [-0.2, 0) is 0 Å². The summed E-state index contributed by atoms with van der Waals surface area (Å²) >= 11 is 1.78. The van der Waals surface area contributed by atoms with Crippen molar-refractivity contribution in [1.82, 2.24) is 14.8 Å². The largest absolute Gasteiger partial charge is 0.327 e. The van der Waals surface area contributed by atoms with Crippen molar-refractivity contribution in [2.45, 2.75) is 13.8 Å². The lowest BCUT2D eigenvalue weighted by Crippen LogP contribution is -2.35. The molecule has 0 aromatic carbocycles. The molecule has 2 aromatic heterocycles. The molecule has 0 amide bonds. The second kappa shape index (κ2) is 8.32. The Hall–Kier alpha value is -1.83. The molecule has 0 aliphatic heterocycles. The van der Waals surface area contributed by atoms with Gasteiger partial charge in [0.1, 0.15) is 5.82 Å². The van der Waals surface area contributed by atoms with Gasteiger partial charge in [0.2, 0.25) is 0 Å². The first-order valence-corrected chi connectivity index (χ1v) is 9.32. The summed E-state index contributed by atoms with van der Waals surface area (Å²) in [6.45, 7) is 4.46. The molecular formula is C17H20FN4PS. The Morgan fingerprint density at radius 2 is 2.29 bits per heavy atom. The van der Waals surface area contributed by atoms with Gasteiger partial charge in [-0.3, -0.25) is 4.98 Å². The van der Waals surface area contributed by atoms with Gasteiger partial charge in [-0.05, 0) is 13.2 Å². The molecule has 0 aliphatic carbocycles. The van der Waals surface area contributed by atoms with E-state index in [0.29, 0.717) is 18.2 Å². The minimum absolute atomic E-state index is 0.309. The van der Waals surface area contributed by atoms with Crippen molar-refractivity contribution in [2.24, 2.45) is 5.92 Å². The number of aryl methyl sites for hydroxylation is 1. The van der Waals surface area contributed by atoms with Gasteiger partial charge in [0.05, 0.1) is 42.2 Å². The molecule has 0 spiro atoms. The lowest BCUT2D eigenvalue weighted by atomic mass is 10.2. The van der Waals surface area contributed by atoms with Crippen molar-refractivity contribution in [2.75, 3.05) is 23.5 Å². The highest BCUT2D eigenvalue weighted by molar-refractivity contribution is 7.98. The van der Waals surface area contributed by atoms with Gasteiger partial charge in [-0.1, -0.05) is 21.7 Å². The van der Waals surface area contributed by atoms with E-state index in [1.165, 1.54) is 12.3 Å². The number of rotatable bonds is 7. The predicted molar refractivity (Wildman–Crippen MR) is 103 cm³/mol. The molecule has 1 atom stereocenters. The highest BCUT2D eigenvalue weighted by Crippen LogP contribution is 2.24. The van der Waals surface area contributed by atoms with Crippen molar-refractivity contribution in [1.29, 1.82) is 0 Å². The van der Waals surface area contributed by atoms with Gasteiger partial charge in [0.25, 0.3) is 0 Å². The van der Waals surface area contributed by atoms with Gasteiger partial charge in [-0.25, -0.2) is 9.07 Å². The summed E-state index contributed by atoms with van der Waals surface area (Å²) in [5.74, 6) is 3.57. The van der Waals surface area contributed by atoms with Crippen molar-refractivity contribution in [3.8, 4) is 18.0 Å². The molecule has 0 aliphatic rings. The molecule has 2 heterocycles. The van der Waals surface area contributed by atoms with E-state index < -0.39 is 5.82 Å². The summed E-state index contributed by atoms with van der Waals surface area (Å²) in [7, 11) is 3.74. The molecular weight excluding hydrogens is 342 g/mol. The average Bonchev–Trinajstić information content (AvgIpc) is 2.94. The number of aromatic nitrogens is 3. The van der Waals surface area contributed by atoms with E-state index in [2.05, 4.69) is 38.0 Å². The van der Waals surface area contributed by atoms with Crippen LogP contribution < -0.4 is 4.90 Å². The summed E-state index contributed by atoms with van der Waals surface area (Å²) in [5, 5.41) is 4.47. The maximum absolute atomic E-state index is 13.4. The molecule has 24 heavy (non-hydrogen) atoms. The van der Waals surface area contributed by atoms with Gasteiger partial charge in [0, 0.05) is 23.2 Å². The second-order valence-corrected chi connectivity index (χ2v) is 6.86. The van der Waals surface area contributed by atoms with Crippen LogP contribution in [0, 0.1) is 31.0 Å². The minimum Gasteiger partial charge on any atom is -0.327 e. The third-order valence-corrected chi connectivity index (χ3v) is 5.14. The smallest absolute Gasteiger partial charge is 0.143 e. The first kappa shape index (κ1) is 18.5. The molecule has 0 saturated carbocycles. The highest BCUT2D eigenvalue weighted by atomic mass is 32.2. The van der Waals surface area contributed by atoms with Crippen LogP contribution in [-0.4, -0.2) is 38.7 Å². The van der Waals surface area contributed by atoms with Gasteiger partial charge in [0.15, 0.2) is 0 Å². The van der Waals surface area contributed by atoms with E-state index in [1.54, 1.807) is 22.6 Å². The van der Waals surface area contributed by atoms with Crippen molar-refractivity contribution in [3.63, 3.8) is 0 Å². The summed E-state index contributed by atoms with van der Waals surface area (Å²) in [6.07, 6.45) is 12.2. The summed E-state index contributed by atoms with van der Waals surface area (Å²) < 4.78 is 15.0. The third kappa shape index (κ3) is 4.17. The van der Waals surface area contributed by atoms with E-state index in [9.17, 15) is 4.39 Å². The second-order valence-electron chi connectivity index (χ2n) is 5.44. The van der Waals surface area contributed by atoms with Gasteiger partial charge in [-0.15, -0.1) is 6.42 Å². The first-order chi connectivity index (χ1) is 11.5. The Morgan fingerprint density at radius 3 is 2.92 bits per heavy atom. The van der Waals surface area contributed by atoms with Crippen LogP contribution in [0.15, 0.2) is 24.7 Å². The van der Waals surface area contributed by atoms with Gasteiger partial charge < -0.3 is 4.90 Å². The van der Waals surface area contributed by atoms with E-state index in [4.69, 9.17) is 6.42 Å². The quantitative estimate of drug-likeness (QED) is 0.558. The highest BCUT2D eigenvalue weighted by Gasteiger charge is 2.20. The molecule has 1 unspecified atom stereocenters. The van der Waals surface area contributed by atoms with Crippen LogP contribution in [0.5, 0.6) is 0 Å². The number of halogens is 1. The summed E-state index contributed by atoms with van der Waals surface area (Å²) in [6, 6.07) is 1.39. The molecule has 0 saturated heterocycles. The average molecular weight is 362 g/mol. The standard InChI is InChI=1S/C17H20FN4PS/c1-5-6-21(17(23)12(2)11-24-4)16-10-22(20-13(16)3)15-7-14(18)8-19-9-15/h1,7-10,12,23H,6,11H2,2-4H3. The lowest BCUT2D eigenvalue weighted by molar-refractivity contribution is 0.618. The zero-order valence-electron chi connectivity index (χ0n) is 14.0. The molecule has 126 valence electrons. The van der Waals surface area contributed by atoms with Crippen LogP contribution in [0.2, 0.25) is 0 Å². The fourth-order valence-corrected chi connectivity index (χ4v) is 3.47. The van der Waals surface area contributed by atoms with Crippen LogP contribution >= 0.6 is 20.6 Å². The normalized spacial score (nSPS) is 11.8. The monoisotopic (exact) mass is 362 g/mol. The van der Waals surface area contributed by atoms with Gasteiger partial charge in [-0.2, -0.15) is 16.9 Å². The third-order valence-electron chi connectivity index (χ3n) is 3.54. The maximum Gasteiger partial charge on any atom is 0.143 e. The number of anilines is 1. The summed E-state index contributed by atoms with van der Waals surface area (Å²) in [4.78, 5) is 5.89. The number of hydrogen-bond donors (Lipinski definition) is 0. The molecule has 0 radical (unpaired) electrons. The minimum atomic E-state index is -0.399. The zero-order chi connectivity index (χ0) is 17.7. The molecule has 2 aromatic rings. The van der Waals surface area contributed by atoms with Crippen LogP contribution in [0.4, 0.5) is 10.1 Å². The molecule has 4 nitrogen and oxygen atoms in total. The zero-order valence-corrected chi connectivity index (χ0v) is 15.8. The molecule has 0 N–H and O–H groups in total. The molecule has 7 heteroatoms. The predicted octanol–water partition coefficient (Wildman–Crippen LogP) is 3.43. The van der Waals surface area contributed by atoms with E-state index in [0.717, 1.165) is 22.6 Å². The van der Waals surface area contributed by atoms with Crippen LogP contribution in [0.3, 0.4) is 0 Å². The maximum atomic E-state index is 13.4. The van der Waals surface area contributed by atoms with Crippen molar-refractivity contribution >= 4 is 31.7 Å². The fraction of sp³-hybridized carbons (Fsp3) is 0.353. The van der Waals surface area contributed by atoms with E-state index >= 15 is 0 Å². The van der Waals surface area contributed by atoms with E-state index in [1.807, 2.05) is 18.0 Å². The Balaban J connectivity index is 2.38. The number of nitrogens with zero attached hydrogens (tertiary/aromatic N) is 4. The van der Waals surface area contributed by atoms with Crippen molar-refractivity contribution in [3.05, 3.63) is 36.2 Å². The topological polar surface area (TPSA) is 34.0 Å². The first-order valence-electron chi connectivity index (χ1n) is 7.43. The Labute approximate surface area is 148 Å². The summed E-state index contributed by atoms with van der Waals surface area (Å²) in [5.41, 5.74) is 3.26. The number of hydrogen-bond acceptors (Lipinski definition) is 3. The van der Waals surface area contributed by atoms with Gasteiger partial charge >= 0.3 is 0 Å². The lowest BCUT2D eigenvalue weighted by Gasteiger charge is -2.27. The number of thioether (sulfide) groups is 1. The Kier molecular flexibility index (Phi) is 6.42. The number of terminal acetylenes is 1. The van der Waals surface area contributed by atoms with Crippen LogP contribution in [0.25, 0.3) is 5.69 Å². The fourth-order valence-electron chi connectivity index (χ4n) is 2.36. The van der Waals surface area contributed by atoms with E-state index in [-0.39, 0.29) is 0 Å². The molecule has 0 fully saturated rings. The van der Waals surface area contributed by atoms with Crippen LogP contribution in [0.1, 0.15) is 12.6 Å². The Morgan fingerprint density at radius 1 is 1.54 bits per heavy atom. The van der Waals surface area contributed by atoms with Crippen molar-refractivity contribution < 1.29 is 4.39 Å². The number of pyridine rings is 1.